The van der Waals surface area contributed by atoms with Gasteiger partial charge in [-0.2, -0.15) is 0 Å². The van der Waals surface area contributed by atoms with Crippen LogP contribution in [0.25, 0.3) is 0 Å². The predicted octanol–water partition coefficient (Wildman–Crippen LogP) is 4.45. The largest absolute Gasteiger partial charge is 0.303 e. The summed E-state index contributed by atoms with van der Waals surface area (Å²) in [6.07, 6.45) is 15.1. The lowest BCUT2D eigenvalue weighted by atomic mass is 10.1. The maximum atomic E-state index is 2.41. The van der Waals surface area contributed by atoms with E-state index in [1.807, 2.05) is 0 Å². The molecule has 0 amide bonds. The fourth-order valence-electron chi connectivity index (χ4n) is 3.08. The molecule has 1 aromatic rings. The summed E-state index contributed by atoms with van der Waals surface area (Å²) >= 11 is 0. The number of nitrogens with zero attached hydrogens (tertiary/aromatic N) is 1. The van der Waals surface area contributed by atoms with Crippen molar-refractivity contribution in [2.45, 2.75) is 25.0 Å². The monoisotopic (exact) mass is 309 g/mol. The van der Waals surface area contributed by atoms with Gasteiger partial charge in [-0.05, 0) is 51.6 Å². The lowest BCUT2D eigenvalue weighted by molar-refractivity contribution is 0.349. The number of hydrogen-bond acceptors (Lipinski definition) is 1. The highest BCUT2D eigenvalue weighted by atomic mass is 31.1. The average Bonchev–Trinajstić information content (AvgIpc) is 3.20. The molecule has 1 nitrogen and oxygen atoms in total. The fourth-order valence-corrected chi connectivity index (χ4v) is 5.96. The van der Waals surface area contributed by atoms with Gasteiger partial charge in [0.05, 0.1) is 0 Å². The minimum atomic E-state index is -0.362. The molecule has 1 aromatic carbocycles. The summed E-state index contributed by atoms with van der Waals surface area (Å²) in [5.74, 6) is 0. The van der Waals surface area contributed by atoms with Gasteiger partial charge in [-0.3, -0.25) is 0 Å². The molecule has 0 unspecified atom stereocenters. The van der Waals surface area contributed by atoms with E-state index in [1.54, 1.807) is 5.57 Å². The van der Waals surface area contributed by atoms with Gasteiger partial charge in [0.1, 0.15) is 0 Å². The fraction of sp³-hybridized carbons (Fsp3) is 0.300. The Morgan fingerprint density at radius 2 is 1.95 bits per heavy atom. The normalized spacial score (nSPS) is 22.8. The molecule has 0 N–H and O–H groups in total. The second-order valence-electron chi connectivity index (χ2n) is 6.11. The van der Waals surface area contributed by atoms with E-state index >= 15 is 0 Å². The van der Waals surface area contributed by atoms with E-state index in [0.717, 1.165) is 6.42 Å². The molecule has 114 valence electrons. The highest BCUT2D eigenvalue weighted by molar-refractivity contribution is 7.71. The molecule has 3 rings (SSSR count). The molecule has 0 spiro atoms. The number of benzene rings is 1. The van der Waals surface area contributed by atoms with Gasteiger partial charge < -0.3 is 4.90 Å². The molecule has 0 radical (unpaired) electrons. The lowest BCUT2D eigenvalue weighted by Gasteiger charge is -2.32. The molecule has 0 bridgehead atoms. The average molecular weight is 309 g/mol. The van der Waals surface area contributed by atoms with Crippen LogP contribution in [0.1, 0.15) is 13.3 Å². The second kappa shape index (κ2) is 6.77. The SMILES string of the molecule is C[C@H](C1=CC=C[C@@H]1[P@](C1=CCC=C1)c1ccccc1)N(C)C. The molecule has 0 aliphatic heterocycles. The summed E-state index contributed by atoms with van der Waals surface area (Å²) in [6.45, 7) is 2.31. The molecule has 0 fully saturated rings. The number of allylic oxidation sites excluding steroid dienone is 7. The van der Waals surface area contributed by atoms with Gasteiger partial charge in [0.25, 0.3) is 0 Å². The zero-order valence-electron chi connectivity index (χ0n) is 13.6. The van der Waals surface area contributed by atoms with Crippen molar-refractivity contribution in [3.63, 3.8) is 0 Å². The zero-order valence-corrected chi connectivity index (χ0v) is 14.5. The van der Waals surface area contributed by atoms with Crippen molar-refractivity contribution in [3.8, 4) is 0 Å². The van der Waals surface area contributed by atoms with Crippen LogP contribution in [0.15, 0.2) is 77.7 Å². The van der Waals surface area contributed by atoms with Gasteiger partial charge in [-0.1, -0.05) is 66.8 Å². The molecule has 0 saturated carbocycles. The van der Waals surface area contributed by atoms with Gasteiger partial charge in [-0.25, -0.2) is 0 Å². The molecule has 2 aliphatic rings. The van der Waals surface area contributed by atoms with Crippen LogP contribution in [0.5, 0.6) is 0 Å². The quantitative estimate of drug-likeness (QED) is 0.726. The molecule has 0 saturated heterocycles. The molecular weight excluding hydrogens is 285 g/mol. The van der Waals surface area contributed by atoms with E-state index in [0.29, 0.717) is 11.7 Å². The number of hydrogen-bond donors (Lipinski definition) is 0. The number of likely N-dealkylation sites (N-methyl/N-ethyl adjacent to an activating group) is 1. The zero-order chi connectivity index (χ0) is 15.5. The van der Waals surface area contributed by atoms with Crippen molar-refractivity contribution < 1.29 is 0 Å². The Morgan fingerprint density at radius 1 is 1.18 bits per heavy atom. The van der Waals surface area contributed by atoms with Crippen molar-refractivity contribution >= 4 is 13.2 Å². The van der Waals surface area contributed by atoms with Gasteiger partial charge in [-0.15, -0.1) is 0 Å². The third-order valence-electron chi connectivity index (χ3n) is 4.52. The van der Waals surface area contributed by atoms with Crippen LogP contribution < -0.4 is 5.30 Å². The maximum absolute atomic E-state index is 2.41. The van der Waals surface area contributed by atoms with E-state index in [1.165, 1.54) is 10.6 Å². The Kier molecular flexibility index (Phi) is 4.76. The van der Waals surface area contributed by atoms with Crippen LogP contribution in [-0.4, -0.2) is 30.7 Å². The van der Waals surface area contributed by atoms with Crippen LogP contribution in [0, 0.1) is 0 Å². The highest BCUT2D eigenvalue weighted by Crippen LogP contribution is 2.55. The minimum absolute atomic E-state index is 0.362. The van der Waals surface area contributed by atoms with Crippen LogP contribution >= 0.6 is 7.92 Å². The first-order valence-electron chi connectivity index (χ1n) is 7.94. The first-order valence-corrected chi connectivity index (χ1v) is 9.35. The van der Waals surface area contributed by atoms with Crippen molar-refractivity contribution in [2.75, 3.05) is 14.1 Å². The van der Waals surface area contributed by atoms with Gasteiger partial charge in [0.15, 0.2) is 0 Å². The summed E-state index contributed by atoms with van der Waals surface area (Å²) < 4.78 is 0. The van der Waals surface area contributed by atoms with E-state index in [4.69, 9.17) is 0 Å². The molecule has 0 heterocycles. The van der Waals surface area contributed by atoms with E-state index in [9.17, 15) is 0 Å². The van der Waals surface area contributed by atoms with E-state index in [2.05, 4.69) is 92.7 Å². The lowest BCUT2D eigenvalue weighted by Crippen LogP contribution is -2.31. The predicted molar refractivity (Wildman–Crippen MR) is 99.0 cm³/mol. The smallest absolute Gasteiger partial charge is 0.0285 e. The van der Waals surface area contributed by atoms with Gasteiger partial charge in [0.2, 0.25) is 0 Å². The Hall–Kier alpha value is -1.43. The summed E-state index contributed by atoms with van der Waals surface area (Å²) in [6, 6.07) is 11.5. The highest BCUT2D eigenvalue weighted by Gasteiger charge is 2.31. The molecule has 22 heavy (non-hydrogen) atoms. The topological polar surface area (TPSA) is 3.24 Å². The van der Waals surface area contributed by atoms with Crippen LogP contribution in [0.2, 0.25) is 0 Å². The molecule has 2 aliphatic carbocycles. The third kappa shape index (κ3) is 3.02. The van der Waals surface area contributed by atoms with Crippen molar-refractivity contribution in [2.24, 2.45) is 0 Å². The van der Waals surface area contributed by atoms with Crippen molar-refractivity contribution in [1.29, 1.82) is 0 Å². The van der Waals surface area contributed by atoms with Crippen molar-refractivity contribution in [3.05, 3.63) is 77.7 Å². The summed E-state index contributed by atoms with van der Waals surface area (Å²) in [7, 11) is 3.97. The second-order valence-corrected chi connectivity index (χ2v) is 8.44. The Bertz CT molecular complexity index is 637. The molecule has 2 heteroatoms. The molecular formula is C20H24NP. The van der Waals surface area contributed by atoms with Crippen LogP contribution in [-0.2, 0) is 0 Å². The Balaban J connectivity index is 1.98. The van der Waals surface area contributed by atoms with Crippen LogP contribution in [0.4, 0.5) is 0 Å². The standard InChI is InChI=1S/C20H24NP/c1-16(21(2)3)19-14-9-15-20(19)22(18-12-7-8-13-18)17-10-5-4-6-11-17/h4-7,9-16,20H,8H2,1-3H3/t16-,20+,22+/m1/s1. The van der Waals surface area contributed by atoms with Gasteiger partial charge in [0, 0.05) is 11.7 Å². The number of rotatable bonds is 5. The van der Waals surface area contributed by atoms with Crippen molar-refractivity contribution in [1.82, 2.24) is 4.90 Å². The molecule has 3 atom stereocenters. The van der Waals surface area contributed by atoms with E-state index < -0.39 is 0 Å². The Labute approximate surface area is 135 Å². The summed E-state index contributed by atoms with van der Waals surface area (Å²) in [4.78, 5) is 2.31. The van der Waals surface area contributed by atoms with E-state index in [-0.39, 0.29) is 7.92 Å². The summed E-state index contributed by atoms with van der Waals surface area (Å²) in [5, 5.41) is 3.00. The first kappa shape index (κ1) is 15.5. The maximum Gasteiger partial charge on any atom is 0.0285 e. The summed E-state index contributed by atoms with van der Waals surface area (Å²) in [5.41, 5.74) is 2.06. The first-order chi connectivity index (χ1) is 10.7. The molecule has 0 aromatic heterocycles. The van der Waals surface area contributed by atoms with Gasteiger partial charge >= 0.3 is 0 Å². The minimum Gasteiger partial charge on any atom is -0.303 e. The van der Waals surface area contributed by atoms with Crippen LogP contribution in [0.3, 0.4) is 0 Å². The third-order valence-corrected chi connectivity index (χ3v) is 7.29. The Morgan fingerprint density at radius 3 is 2.59 bits per heavy atom.